The predicted molar refractivity (Wildman–Crippen MR) is 196 cm³/mol. The van der Waals surface area contributed by atoms with Crippen LogP contribution in [0.25, 0.3) is 0 Å². The van der Waals surface area contributed by atoms with Crippen LogP contribution >= 0.6 is 0 Å². The molecule has 0 amide bonds. The normalized spacial score (nSPS) is 24.1. The zero-order chi connectivity index (χ0) is 33.4. The van der Waals surface area contributed by atoms with Gasteiger partial charge in [-0.15, -0.1) is 0 Å². The van der Waals surface area contributed by atoms with E-state index in [9.17, 15) is 25.5 Å². The third-order valence-corrected chi connectivity index (χ3v) is 12.1. The van der Waals surface area contributed by atoms with Crippen LogP contribution in [0.4, 0.5) is 0 Å². The Bertz CT molecular complexity index is 614. The van der Waals surface area contributed by atoms with E-state index >= 15 is 0 Å². The maximum Gasteiger partial charge on any atom is 0.0436 e. The standard InChI is InChI=1S/C41H82O5/c42-34-28-39-27-25-23-21-19-17-15-13-11-9-7-5-3-1-2-4-6-8-10-12-14-16-18-20-22-24-26-29-40(30-35-43,31-36-44)41(39,32-37-45)33-38-46/h39,42-46H,1-38H2. The number of aliphatic hydroxyl groups is 5. The molecule has 0 aromatic heterocycles. The van der Waals surface area contributed by atoms with Gasteiger partial charge < -0.3 is 25.5 Å². The Labute approximate surface area is 286 Å². The zero-order valence-electron chi connectivity index (χ0n) is 30.7. The van der Waals surface area contributed by atoms with Crippen molar-refractivity contribution in [2.75, 3.05) is 33.0 Å². The van der Waals surface area contributed by atoms with Crippen molar-refractivity contribution >= 4 is 0 Å². The highest BCUT2D eigenvalue weighted by atomic mass is 16.3. The van der Waals surface area contributed by atoms with Crippen LogP contribution in [0.1, 0.15) is 212 Å². The topological polar surface area (TPSA) is 101 Å². The summed E-state index contributed by atoms with van der Waals surface area (Å²) in [6, 6.07) is 0. The fourth-order valence-electron chi connectivity index (χ4n) is 9.40. The molecule has 0 aromatic rings. The molecule has 5 heteroatoms. The third-order valence-electron chi connectivity index (χ3n) is 12.1. The molecule has 1 fully saturated rings. The average Bonchev–Trinajstić information content (AvgIpc) is 3.05. The Balaban J connectivity index is 2.92. The molecule has 0 heterocycles. The summed E-state index contributed by atoms with van der Waals surface area (Å²) in [7, 11) is 0. The Morgan fingerprint density at radius 2 is 0.609 bits per heavy atom. The third kappa shape index (κ3) is 18.5. The van der Waals surface area contributed by atoms with E-state index in [1.807, 2.05) is 0 Å². The Hall–Kier alpha value is -0.200. The van der Waals surface area contributed by atoms with Gasteiger partial charge >= 0.3 is 0 Å². The highest BCUT2D eigenvalue weighted by Crippen LogP contribution is 2.59. The van der Waals surface area contributed by atoms with Crippen LogP contribution < -0.4 is 0 Å². The van der Waals surface area contributed by atoms with E-state index in [2.05, 4.69) is 0 Å². The monoisotopic (exact) mass is 655 g/mol. The minimum absolute atomic E-state index is 0.0283. The molecule has 1 atom stereocenters. The number of aliphatic hydroxyl groups excluding tert-OH is 5. The average molecular weight is 655 g/mol. The molecule has 1 rings (SSSR count). The van der Waals surface area contributed by atoms with E-state index < -0.39 is 5.41 Å². The lowest BCUT2D eigenvalue weighted by Gasteiger charge is -2.56. The molecular formula is C41H82O5. The summed E-state index contributed by atoms with van der Waals surface area (Å²) in [4.78, 5) is 0. The molecule has 5 nitrogen and oxygen atoms in total. The number of hydrogen-bond acceptors (Lipinski definition) is 5. The smallest absolute Gasteiger partial charge is 0.0436 e. The lowest BCUT2D eigenvalue weighted by atomic mass is 9.49. The first kappa shape index (κ1) is 43.8. The number of rotatable bonds is 10. The van der Waals surface area contributed by atoms with Crippen LogP contribution in [0.5, 0.6) is 0 Å². The molecule has 0 radical (unpaired) electrons. The molecule has 46 heavy (non-hydrogen) atoms. The minimum Gasteiger partial charge on any atom is -0.396 e. The van der Waals surface area contributed by atoms with Crippen molar-refractivity contribution in [1.29, 1.82) is 0 Å². The van der Waals surface area contributed by atoms with Gasteiger partial charge in [0.2, 0.25) is 0 Å². The van der Waals surface area contributed by atoms with E-state index in [0.29, 0.717) is 32.1 Å². The summed E-state index contributed by atoms with van der Waals surface area (Å²) in [5, 5.41) is 51.8. The summed E-state index contributed by atoms with van der Waals surface area (Å²) in [5.41, 5.74) is -0.772. The molecule has 0 bridgehead atoms. The van der Waals surface area contributed by atoms with Gasteiger partial charge in [0.15, 0.2) is 0 Å². The summed E-state index contributed by atoms with van der Waals surface area (Å²) in [6.07, 6.45) is 39.4. The highest BCUT2D eigenvalue weighted by molar-refractivity contribution is 5.02. The number of hydrogen-bond donors (Lipinski definition) is 5. The summed E-state index contributed by atoms with van der Waals surface area (Å²) < 4.78 is 0. The van der Waals surface area contributed by atoms with Gasteiger partial charge in [-0.3, -0.25) is 0 Å². The summed E-state index contributed by atoms with van der Waals surface area (Å²) in [5.74, 6) is 0.152. The van der Waals surface area contributed by atoms with Crippen LogP contribution in [0.3, 0.4) is 0 Å². The quantitative estimate of drug-likeness (QED) is 0.161. The van der Waals surface area contributed by atoms with Crippen LogP contribution in [0.15, 0.2) is 0 Å². The molecule has 1 unspecified atom stereocenters. The van der Waals surface area contributed by atoms with Gasteiger partial charge in [-0.25, -0.2) is 0 Å². The molecule has 0 aromatic carbocycles. The molecule has 0 spiro atoms. The SMILES string of the molecule is OCCC1CCCCCCCCCCCCCCCCCCCCCCCCCCCCC(CCO)(CCO)C1(CCO)CCO. The van der Waals surface area contributed by atoms with Crippen molar-refractivity contribution in [3.05, 3.63) is 0 Å². The molecule has 276 valence electrons. The van der Waals surface area contributed by atoms with Gasteiger partial charge in [0.05, 0.1) is 0 Å². The van der Waals surface area contributed by atoms with Gasteiger partial charge in [0.25, 0.3) is 0 Å². The van der Waals surface area contributed by atoms with Crippen molar-refractivity contribution < 1.29 is 25.5 Å². The van der Waals surface area contributed by atoms with E-state index in [1.54, 1.807) is 0 Å². The lowest BCUT2D eigenvalue weighted by Crippen LogP contribution is -2.50. The van der Waals surface area contributed by atoms with Crippen LogP contribution in [-0.4, -0.2) is 58.6 Å². The summed E-state index contributed by atoms with van der Waals surface area (Å²) >= 11 is 0. The van der Waals surface area contributed by atoms with Crippen molar-refractivity contribution in [2.45, 2.75) is 212 Å². The van der Waals surface area contributed by atoms with E-state index in [0.717, 1.165) is 32.1 Å². The largest absolute Gasteiger partial charge is 0.396 e. The van der Waals surface area contributed by atoms with Gasteiger partial charge in [-0.1, -0.05) is 167 Å². The molecule has 0 saturated heterocycles. The second-order valence-corrected chi connectivity index (χ2v) is 15.3. The second-order valence-electron chi connectivity index (χ2n) is 15.3. The van der Waals surface area contributed by atoms with Crippen LogP contribution in [0, 0.1) is 16.7 Å². The van der Waals surface area contributed by atoms with Gasteiger partial charge in [-0.2, -0.15) is 0 Å². The Kier molecular flexibility index (Phi) is 29.4. The predicted octanol–water partition coefficient (Wildman–Crippen LogP) is 10.4. The fourth-order valence-corrected chi connectivity index (χ4v) is 9.40. The van der Waals surface area contributed by atoms with Crippen LogP contribution in [-0.2, 0) is 0 Å². The van der Waals surface area contributed by atoms with Crippen molar-refractivity contribution in [1.82, 2.24) is 0 Å². The Morgan fingerprint density at radius 1 is 0.326 bits per heavy atom. The minimum atomic E-state index is -0.413. The lowest BCUT2D eigenvalue weighted by molar-refractivity contribution is -0.100. The van der Waals surface area contributed by atoms with Gasteiger partial charge in [0, 0.05) is 33.0 Å². The summed E-state index contributed by atoms with van der Waals surface area (Å²) in [6.45, 7) is 0.244. The van der Waals surface area contributed by atoms with Gasteiger partial charge in [-0.05, 0) is 61.7 Å². The zero-order valence-corrected chi connectivity index (χ0v) is 30.7. The fraction of sp³-hybridized carbons (Fsp3) is 1.00. The highest BCUT2D eigenvalue weighted by Gasteiger charge is 2.52. The van der Waals surface area contributed by atoms with E-state index in [1.165, 1.54) is 148 Å². The van der Waals surface area contributed by atoms with Crippen LogP contribution in [0.2, 0.25) is 0 Å². The van der Waals surface area contributed by atoms with Gasteiger partial charge in [0.1, 0.15) is 0 Å². The molecule has 1 aliphatic carbocycles. The van der Waals surface area contributed by atoms with Crippen molar-refractivity contribution in [3.63, 3.8) is 0 Å². The van der Waals surface area contributed by atoms with Crippen molar-refractivity contribution in [2.24, 2.45) is 16.7 Å². The molecular weight excluding hydrogens is 572 g/mol. The second kappa shape index (κ2) is 30.8. The first-order chi connectivity index (χ1) is 22.7. The maximum absolute atomic E-state index is 10.4. The maximum atomic E-state index is 10.4. The molecule has 5 N–H and O–H groups in total. The van der Waals surface area contributed by atoms with E-state index in [-0.39, 0.29) is 44.4 Å². The molecule has 1 saturated carbocycles. The molecule has 0 aliphatic heterocycles. The Morgan fingerprint density at radius 3 is 0.891 bits per heavy atom. The molecule has 1 aliphatic rings. The first-order valence-electron chi connectivity index (χ1n) is 20.7. The van der Waals surface area contributed by atoms with E-state index in [4.69, 9.17) is 0 Å². The first-order valence-corrected chi connectivity index (χ1v) is 20.7. The van der Waals surface area contributed by atoms with Crippen molar-refractivity contribution in [3.8, 4) is 0 Å².